The van der Waals surface area contributed by atoms with E-state index in [-0.39, 0.29) is 6.04 Å². The van der Waals surface area contributed by atoms with Gasteiger partial charge in [-0.3, -0.25) is 4.98 Å². The lowest BCUT2D eigenvalue weighted by Gasteiger charge is -2.17. The molecule has 0 saturated heterocycles. The zero-order valence-electron chi connectivity index (χ0n) is 12.6. The summed E-state index contributed by atoms with van der Waals surface area (Å²) in [4.78, 5) is 10.6. The van der Waals surface area contributed by atoms with Crippen LogP contribution in [0, 0.1) is 13.8 Å². The van der Waals surface area contributed by atoms with Gasteiger partial charge in [0.1, 0.15) is 5.01 Å². The molecule has 0 fully saturated rings. The van der Waals surface area contributed by atoms with Crippen molar-refractivity contribution in [3.8, 4) is 0 Å². The van der Waals surface area contributed by atoms with E-state index in [1.807, 2.05) is 12.3 Å². The van der Waals surface area contributed by atoms with Crippen LogP contribution in [0.4, 0.5) is 0 Å². The Labute approximate surface area is 129 Å². The molecule has 2 aromatic heterocycles. The molecule has 0 aliphatic heterocycles. The van der Waals surface area contributed by atoms with E-state index in [4.69, 9.17) is 4.98 Å². The number of hydrogen-bond acceptors (Lipinski definition) is 4. The quantitative estimate of drug-likeness (QED) is 0.790. The fourth-order valence-corrected chi connectivity index (χ4v) is 3.53. The van der Waals surface area contributed by atoms with Gasteiger partial charge in [0.05, 0.1) is 17.3 Å². The molecule has 0 bridgehead atoms. The number of pyridine rings is 1. The summed E-state index contributed by atoms with van der Waals surface area (Å²) < 4.78 is 0. The molecule has 1 unspecified atom stereocenters. The van der Waals surface area contributed by atoms with E-state index in [1.165, 1.54) is 15.8 Å². The van der Waals surface area contributed by atoms with Crippen molar-refractivity contribution in [2.24, 2.45) is 0 Å². The maximum Gasteiger partial charge on any atom is 0.115 e. The Bertz CT molecular complexity index is 739. The second kappa shape index (κ2) is 5.92. The summed E-state index contributed by atoms with van der Waals surface area (Å²) >= 11 is 1.76. The Hall–Kier alpha value is -1.78. The van der Waals surface area contributed by atoms with Crippen LogP contribution < -0.4 is 5.32 Å². The average Bonchev–Trinajstić information content (AvgIpc) is 2.84. The lowest BCUT2D eigenvalue weighted by Crippen LogP contribution is -2.22. The standard InChI is InChI=1S/C17H19N3S/c1-4-18-16(17-20-11(2)12(3)21-17)14-9-5-7-13-8-6-10-19-15(13)14/h5-10,16,18H,4H2,1-3H3. The van der Waals surface area contributed by atoms with Gasteiger partial charge in [-0.15, -0.1) is 11.3 Å². The summed E-state index contributed by atoms with van der Waals surface area (Å²) in [7, 11) is 0. The van der Waals surface area contributed by atoms with E-state index in [1.54, 1.807) is 11.3 Å². The van der Waals surface area contributed by atoms with Gasteiger partial charge in [0.2, 0.25) is 0 Å². The second-order valence-corrected chi connectivity index (χ2v) is 6.34. The van der Waals surface area contributed by atoms with Crippen molar-refractivity contribution in [1.29, 1.82) is 0 Å². The molecule has 0 amide bonds. The van der Waals surface area contributed by atoms with Gasteiger partial charge in [-0.2, -0.15) is 0 Å². The molecule has 1 N–H and O–H groups in total. The fraction of sp³-hybridized carbons (Fsp3) is 0.294. The van der Waals surface area contributed by atoms with Crippen LogP contribution >= 0.6 is 11.3 Å². The highest BCUT2D eigenvalue weighted by Crippen LogP contribution is 2.31. The van der Waals surface area contributed by atoms with E-state index < -0.39 is 0 Å². The minimum Gasteiger partial charge on any atom is -0.304 e. The van der Waals surface area contributed by atoms with E-state index in [0.29, 0.717) is 0 Å². The molecule has 1 aromatic carbocycles. The number of para-hydroxylation sites is 1. The zero-order valence-corrected chi connectivity index (χ0v) is 13.4. The lowest BCUT2D eigenvalue weighted by molar-refractivity contribution is 0.629. The van der Waals surface area contributed by atoms with Gasteiger partial charge in [-0.1, -0.05) is 31.2 Å². The maximum absolute atomic E-state index is 4.74. The van der Waals surface area contributed by atoms with Crippen LogP contribution in [0.15, 0.2) is 36.5 Å². The average molecular weight is 297 g/mol. The van der Waals surface area contributed by atoms with Crippen molar-refractivity contribution in [3.63, 3.8) is 0 Å². The summed E-state index contributed by atoms with van der Waals surface area (Å²) in [6.07, 6.45) is 1.85. The van der Waals surface area contributed by atoms with E-state index in [9.17, 15) is 0 Å². The van der Waals surface area contributed by atoms with Gasteiger partial charge >= 0.3 is 0 Å². The van der Waals surface area contributed by atoms with Gasteiger partial charge < -0.3 is 5.32 Å². The number of hydrogen-bond donors (Lipinski definition) is 1. The molecule has 3 rings (SSSR count). The fourth-order valence-electron chi connectivity index (χ4n) is 2.52. The van der Waals surface area contributed by atoms with Gasteiger partial charge in [0, 0.05) is 22.0 Å². The second-order valence-electron chi connectivity index (χ2n) is 5.11. The van der Waals surface area contributed by atoms with E-state index in [2.05, 4.69) is 55.3 Å². The van der Waals surface area contributed by atoms with Crippen molar-refractivity contribution >= 4 is 22.2 Å². The summed E-state index contributed by atoms with van der Waals surface area (Å²) in [6.45, 7) is 7.21. The number of thiazole rings is 1. The third kappa shape index (κ3) is 2.69. The number of aryl methyl sites for hydroxylation is 2. The monoisotopic (exact) mass is 297 g/mol. The molecule has 0 aliphatic carbocycles. The van der Waals surface area contributed by atoms with Crippen LogP contribution in [0.25, 0.3) is 10.9 Å². The molecular formula is C17H19N3S. The highest BCUT2D eigenvalue weighted by atomic mass is 32.1. The minimum atomic E-state index is 0.103. The van der Waals surface area contributed by atoms with Crippen LogP contribution in [0.1, 0.15) is 34.1 Å². The number of benzene rings is 1. The van der Waals surface area contributed by atoms with Gasteiger partial charge in [0.15, 0.2) is 0 Å². The highest BCUT2D eigenvalue weighted by Gasteiger charge is 2.20. The maximum atomic E-state index is 4.74. The minimum absolute atomic E-state index is 0.103. The predicted molar refractivity (Wildman–Crippen MR) is 88.9 cm³/mol. The Balaban J connectivity index is 2.15. The number of rotatable bonds is 4. The highest BCUT2D eigenvalue weighted by molar-refractivity contribution is 7.11. The molecule has 0 spiro atoms. The lowest BCUT2D eigenvalue weighted by atomic mass is 10.0. The number of nitrogens with one attached hydrogen (secondary N) is 1. The number of aromatic nitrogens is 2. The molecule has 21 heavy (non-hydrogen) atoms. The molecule has 0 aliphatic rings. The molecule has 1 atom stereocenters. The van der Waals surface area contributed by atoms with Crippen LogP contribution in [0.2, 0.25) is 0 Å². The summed E-state index contributed by atoms with van der Waals surface area (Å²) in [5.41, 5.74) is 3.37. The summed E-state index contributed by atoms with van der Waals surface area (Å²) in [5, 5.41) is 5.84. The van der Waals surface area contributed by atoms with Crippen LogP contribution in [0.3, 0.4) is 0 Å². The SMILES string of the molecule is CCNC(c1nc(C)c(C)s1)c1cccc2cccnc12. The first-order chi connectivity index (χ1) is 10.2. The van der Waals surface area contributed by atoms with Crippen LogP contribution in [-0.4, -0.2) is 16.5 Å². The van der Waals surface area contributed by atoms with Crippen molar-refractivity contribution in [3.05, 3.63) is 57.7 Å². The van der Waals surface area contributed by atoms with Gasteiger partial charge in [-0.05, 0) is 26.5 Å². The summed E-state index contributed by atoms with van der Waals surface area (Å²) in [5.74, 6) is 0. The third-order valence-corrected chi connectivity index (χ3v) is 4.81. The zero-order chi connectivity index (χ0) is 14.8. The molecule has 108 valence electrons. The van der Waals surface area contributed by atoms with E-state index in [0.717, 1.165) is 22.8 Å². The number of nitrogens with zero attached hydrogens (tertiary/aromatic N) is 2. The van der Waals surface area contributed by atoms with Gasteiger partial charge in [0.25, 0.3) is 0 Å². The van der Waals surface area contributed by atoms with Crippen molar-refractivity contribution < 1.29 is 0 Å². The van der Waals surface area contributed by atoms with Crippen LogP contribution in [-0.2, 0) is 0 Å². The first-order valence-corrected chi connectivity index (χ1v) is 8.03. The van der Waals surface area contributed by atoms with E-state index >= 15 is 0 Å². The number of fused-ring (bicyclic) bond motifs is 1. The first-order valence-electron chi connectivity index (χ1n) is 7.21. The molecule has 2 heterocycles. The van der Waals surface area contributed by atoms with Crippen molar-refractivity contribution in [1.82, 2.24) is 15.3 Å². The first kappa shape index (κ1) is 14.2. The Kier molecular flexibility index (Phi) is 3.99. The predicted octanol–water partition coefficient (Wildman–Crippen LogP) is 4.01. The van der Waals surface area contributed by atoms with Gasteiger partial charge in [-0.25, -0.2) is 4.98 Å². The smallest absolute Gasteiger partial charge is 0.115 e. The normalized spacial score (nSPS) is 12.7. The molecule has 0 radical (unpaired) electrons. The largest absolute Gasteiger partial charge is 0.304 e. The topological polar surface area (TPSA) is 37.8 Å². The molecule has 0 saturated carbocycles. The van der Waals surface area contributed by atoms with Crippen LogP contribution in [0.5, 0.6) is 0 Å². The molecule has 3 nitrogen and oxygen atoms in total. The van der Waals surface area contributed by atoms with Crippen molar-refractivity contribution in [2.75, 3.05) is 6.54 Å². The van der Waals surface area contributed by atoms with Crippen molar-refractivity contribution in [2.45, 2.75) is 26.8 Å². The Morgan fingerprint density at radius 1 is 1.19 bits per heavy atom. The Morgan fingerprint density at radius 3 is 2.71 bits per heavy atom. The Morgan fingerprint density at radius 2 is 2.00 bits per heavy atom. The third-order valence-electron chi connectivity index (χ3n) is 3.68. The molecule has 3 aromatic rings. The molecule has 4 heteroatoms. The summed E-state index contributed by atoms with van der Waals surface area (Å²) in [6, 6.07) is 10.5. The molecular weight excluding hydrogens is 278 g/mol.